The third-order valence-electron chi connectivity index (χ3n) is 6.47. The first-order valence-electron chi connectivity index (χ1n) is 12.0. The Kier molecular flexibility index (Phi) is 5.65. The van der Waals surface area contributed by atoms with Crippen molar-refractivity contribution in [1.82, 2.24) is 28.7 Å². The van der Waals surface area contributed by atoms with Crippen LogP contribution in [0.1, 0.15) is 11.1 Å². The Morgan fingerprint density at radius 2 is 1.51 bits per heavy atom. The Hall–Kier alpha value is -4.92. The summed E-state index contributed by atoms with van der Waals surface area (Å²) in [4.78, 5) is 27.9. The molecule has 0 saturated carbocycles. The number of ether oxygens (including phenoxy) is 1. The van der Waals surface area contributed by atoms with Gasteiger partial charge in [-0.25, -0.2) is 9.20 Å². The van der Waals surface area contributed by atoms with Gasteiger partial charge in [0.15, 0.2) is 17.0 Å². The van der Waals surface area contributed by atoms with E-state index in [0.29, 0.717) is 42.3 Å². The molecule has 0 atom stereocenters. The van der Waals surface area contributed by atoms with Crippen LogP contribution < -0.4 is 16.0 Å². The van der Waals surface area contributed by atoms with Crippen molar-refractivity contribution in [2.45, 2.75) is 19.6 Å². The molecule has 184 valence electrons. The zero-order valence-electron chi connectivity index (χ0n) is 20.2. The smallest absolute Gasteiger partial charge is 0.329 e. The summed E-state index contributed by atoms with van der Waals surface area (Å²) in [7, 11) is 1.63. The number of nitrogens with one attached hydrogen (secondary N) is 1. The van der Waals surface area contributed by atoms with Crippen LogP contribution in [-0.4, -0.2) is 28.7 Å². The van der Waals surface area contributed by atoms with Gasteiger partial charge in [0.05, 0.1) is 0 Å². The van der Waals surface area contributed by atoms with Gasteiger partial charge in [-0.1, -0.05) is 60.7 Å². The molecule has 3 aromatic carbocycles. The number of H-pyrrole nitrogens is 1. The molecule has 3 heterocycles. The molecule has 0 saturated heterocycles. The van der Waals surface area contributed by atoms with Crippen LogP contribution in [0.3, 0.4) is 0 Å². The maximum atomic E-state index is 13.0. The standard InChI is InChI=1S/C28H24N6O3/c1-32-26-23(25(35)29-28(32)36)33(17-16-19-8-4-2-5-9-19)27-31-30-24(34(26)27)21-12-14-22(15-13-21)37-18-20-10-6-3-7-11-20/h2-15H,16-18H2,1H3,(H,29,35,36). The number of imidazole rings is 1. The lowest BCUT2D eigenvalue weighted by molar-refractivity contribution is 0.306. The Labute approximate surface area is 211 Å². The Morgan fingerprint density at radius 3 is 2.22 bits per heavy atom. The Bertz CT molecular complexity index is 1810. The van der Waals surface area contributed by atoms with Crippen molar-refractivity contribution in [3.8, 4) is 17.1 Å². The first-order chi connectivity index (χ1) is 18.1. The molecule has 6 aromatic rings. The van der Waals surface area contributed by atoms with E-state index in [0.717, 1.165) is 22.4 Å². The molecule has 0 unspecified atom stereocenters. The number of nitrogens with zero attached hydrogens (tertiary/aromatic N) is 5. The summed E-state index contributed by atoms with van der Waals surface area (Å²) >= 11 is 0. The van der Waals surface area contributed by atoms with Crippen molar-refractivity contribution in [3.63, 3.8) is 0 Å². The fourth-order valence-corrected chi connectivity index (χ4v) is 4.57. The van der Waals surface area contributed by atoms with E-state index in [1.165, 1.54) is 4.57 Å². The van der Waals surface area contributed by atoms with E-state index in [1.807, 2.05) is 89.5 Å². The quantitative estimate of drug-likeness (QED) is 0.367. The number of hydrogen-bond donors (Lipinski definition) is 1. The van der Waals surface area contributed by atoms with Crippen LogP contribution in [-0.2, 0) is 26.6 Å². The van der Waals surface area contributed by atoms with E-state index in [9.17, 15) is 9.59 Å². The summed E-state index contributed by atoms with van der Waals surface area (Å²) in [5.41, 5.74) is 2.88. The van der Waals surface area contributed by atoms with Crippen LogP contribution >= 0.6 is 0 Å². The highest BCUT2D eigenvalue weighted by atomic mass is 16.5. The first kappa shape index (κ1) is 22.5. The maximum Gasteiger partial charge on any atom is 0.329 e. The minimum atomic E-state index is -0.496. The molecule has 0 amide bonds. The molecule has 0 spiro atoms. The summed E-state index contributed by atoms with van der Waals surface area (Å²) < 4.78 is 10.9. The second kappa shape index (κ2) is 9.27. The molecule has 0 aliphatic heterocycles. The summed E-state index contributed by atoms with van der Waals surface area (Å²) in [6, 6.07) is 27.5. The summed E-state index contributed by atoms with van der Waals surface area (Å²) in [6.07, 6.45) is 0.693. The zero-order valence-corrected chi connectivity index (χ0v) is 20.2. The normalized spacial score (nSPS) is 11.4. The fourth-order valence-electron chi connectivity index (χ4n) is 4.57. The lowest BCUT2D eigenvalue weighted by Gasteiger charge is -2.07. The lowest BCUT2D eigenvalue weighted by Crippen LogP contribution is -2.29. The van der Waals surface area contributed by atoms with Crippen molar-refractivity contribution >= 4 is 16.9 Å². The number of rotatable bonds is 7. The monoisotopic (exact) mass is 492 g/mol. The molecular formula is C28H24N6O3. The molecule has 6 rings (SSSR count). The van der Waals surface area contributed by atoms with Gasteiger partial charge in [-0.05, 0) is 41.8 Å². The van der Waals surface area contributed by atoms with Gasteiger partial charge in [-0.2, -0.15) is 0 Å². The van der Waals surface area contributed by atoms with Crippen molar-refractivity contribution < 1.29 is 4.74 Å². The minimum Gasteiger partial charge on any atom is -0.489 e. The van der Waals surface area contributed by atoms with Gasteiger partial charge < -0.3 is 9.30 Å². The van der Waals surface area contributed by atoms with Crippen LogP contribution in [0.4, 0.5) is 0 Å². The number of aryl methyl sites for hydroxylation is 3. The molecule has 37 heavy (non-hydrogen) atoms. The predicted molar refractivity (Wildman–Crippen MR) is 141 cm³/mol. The van der Waals surface area contributed by atoms with E-state index < -0.39 is 11.2 Å². The van der Waals surface area contributed by atoms with Crippen LogP contribution in [0.15, 0.2) is 94.5 Å². The molecule has 0 bridgehead atoms. The molecule has 3 aromatic heterocycles. The van der Waals surface area contributed by atoms with Crippen molar-refractivity contribution in [2.75, 3.05) is 0 Å². The van der Waals surface area contributed by atoms with Gasteiger partial charge in [-0.3, -0.25) is 14.3 Å². The maximum absolute atomic E-state index is 13.0. The molecule has 9 heteroatoms. The van der Waals surface area contributed by atoms with Gasteiger partial charge in [0.2, 0.25) is 5.78 Å². The van der Waals surface area contributed by atoms with Gasteiger partial charge in [0.25, 0.3) is 5.56 Å². The van der Waals surface area contributed by atoms with Crippen molar-refractivity contribution in [1.29, 1.82) is 0 Å². The molecule has 1 N–H and O–H groups in total. The van der Waals surface area contributed by atoms with Crippen LogP contribution in [0.25, 0.3) is 28.3 Å². The third-order valence-corrected chi connectivity index (χ3v) is 6.47. The van der Waals surface area contributed by atoms with Gasteiger partial charge >= 0.3 is 5.69 Å². The highest BCUT2D eigenvalue weighted by molar-refractivity contribution is 5.79. The molecule has 0 aliphatic rings. The van der Waals surface area contributed by atoms with Gasteiger partial charge in [0, 0.05) is 19.2 Å². The number of benzene rings is 3. The third kappa shape index (κ3) is 4.10. The first-order valence-corrected chi connectivity index (χ1v) is 12.0. The van der Waals surface area contributed by atoms with Crippen LogP contribution in [0.5, 0.6) is 5.75 Å². The van der Waals surface area contributed by atoms with Crippen LogP contribution in [0, 0.1) is 0 Å². The number of fused-ring (bicyclic) bond motifs is 3. The summed E-state index contributed by atoms with van der Waals surface area (Å²) in [6.45, 7) is 0.970. The predicted octanol–water partition coefficient (Wildman–Crippen LogP) is 3.56. The van der Waals surface area contributed by atoms with E-state index in [4.69, 9.17) is 4.74 Å². The average molecular weight is 493 g/mol. The molecule has 0 radical (unpaired) electrons. The van der Waals surface area contributed by atoms with Crippen molar-refractivity contribution in [3.05, 3.63) is 117 Å². The van der Waals surface area contributed by atoms with Crippen molar-refractivity contribution in [2.24, 2.45) is 7.05 Å². The fraction of sp³-hybridized carbons (Fsp3) is 0.143. The average Bonchev–Trinajstić information content (AvgIpc) is 3.50. The summed E-state index contributed by atoms with van der Waals surface area (Å²) in [5, 5.41) is 8.87. The molecular weight excluding hydrogens is 468 g/mol. The largest absolute Gasteiger partial charge is 0.489 e. The highest BCUT2D eigenvalue weighted by Gasteiger charge is 2.22. The number of aromatic nitrogens is 6. The second-order valence-electron chi connectivity index (χ2n) is 8.84. The highest BCUT2D eigenvalue weighted by Crippen LogP contribution is 2.26. The van der Waals surface area contributed by atoms with E-state index in [1.54, 1.807) is 11.4 Å². The SMILES string of the molecule is Cn1c(=O)[nH]c(=O)c2c1n1c(-c3ccc(OCc4ccccc4)cc3)nnc1n2CCc1ccccc1. The number of aromatic amines is 1. The molecule has 0 fully saturated rings. The summed E-state index contributed by atoms with van der Waals surface area (Å²) in [5.74, 6) is 1.76. The Balaban J connectivity index is 1.41. The Morgan fingerprint density at radius 1 is 0.838 bits per heavy atom. The van der Waals surface area contributed by atoms with Gasteiger partial charge in [0.1, 0.15) is 12.4 Å². The van der Waals surface area contributed by atoms with E-state index in [-0.39, 0.29) is 0 Å². The lowest BCUT2D eigenvalue weighted by atomic mass is 10.1. The topological polar surface area (TPSA) is 99.2 Å². The van der Waals surface area contributed by atoms with Crippen LogP contribution in [0.2, 0.25) is 0 Å². The minimum absolute atomic E-state index is 0.381. The zero-order chi connectivity index (χ0) is 25.4. The number of hydrogen-bond acceptors (Lipinski definition) is 5. The van der Waals surface area contributed by atoms with E-state index >= 15 is 0 Å². The molecule has 9 nitrogen and oxygen atoms in total. The molecule has 0 aliphatic carbocycles. The van der Waals surface area contributed by atoms with Gasteiger partial charge in [-0.15, -0.1) is 10.2 Å². The van der Waals surface area contributed by atoms with E-state index in [2.05, 4.69) is 15.2 Å². The second-order valence-corrected chi connectivity index (χ2v) is 8.84.